The van der Waals surface area contributed by atoms with Crippen LogP contribution in [0.25, 0.3) is 0 Å². The molecule has 0 bridgehead atoms. The second-order valence-electron chi connectivity index (χ2n) is 3.09. The van der Waals surface area contributed by atoms with Crippen LogP contribution in [0.1, 0.15) is 23.6 Å². The zero-order valence-corrected chi connectivity index (χ0v) is 10.4. The summed E-state index contributed by atoms with van der Waals surface area (Å²) in [5, 5.41) is 0. The van der Waals surface area contributed by atoms with Gasteiger partial charge in [0.15, 0.2) is 0 Å². The molecule has 1 aromatic rings. The Hall–Kier alpha value is -0.120. The highest BCUT2D eigenvalue weighted by molar-refractivity contribution is 9.10. The molecule has 0 unspecified atom stereocenters. The van der Waals surface area contributed by atoms with Crippen molar-refractivity contribution in [2.45, 2.75) is 19.4 Å². The van der Waals surface area contributed by atoms with Crippen molar-refractivity contribution in [2.24, 2.45) is 5.73 Å². The predicted octanol–water partition coefficient (Wildman–Crippen LogP) is 3.54. The van der Waals surface area contributed by atoms with Crippen molar-refractivity contribution >= 4 is 28.3 Å². The van der Waals surface area contributed by atoms with Gasteiger partial charge in [-0.25, -0.2) is 0 Å². The van der Waals surface area contributed by atoms with Crippen molar-refractivity contribution in [1.82, 2.24) is 0 Å². The van der Waals surface area contributed by atoms with E-state index in [2.05, 4.69) is 15.9 Å². The molecule has 1 atom stereocenters. The zero-order chi connectivity index (χ0) is 9.84. The van der Waals surface area contributed by atoms with Crippen LogP contribution in [-0.2, 0) is 0 Å². The molecule has 2 N–H and O–H groups in total. The summed E-state index contributed by atoms with van der Waals surface area (Å²) >= 11 is 3.42. The topological polar surface area (TPSA) is 26.0 Å². The van der Waals surface area contributed by atoms with Gasteiger partial charge in [-0.1, -0.05) is 28.1 Å². The van der Waals surface area contributed by atoms with Crippen LogP contribution in [0.3, 0.4) is 0 Å². The summed E-state index contributed by atoms with van der Waals surface area (Å²) in [5.74, 6) is 0. The number of nitrogens with two attached hydrogens (primary N) is 1. The van der Waals surface area contributed by atoms with E-state index in [0.29, 0.717) is 6.42 Å². The molecular weight excluding hydrogens is 268 g/mol. The highest BCUT2D eigenvalue weighted by Gasteiger charge is 2.06. The van der Waals surface area contributed by atoms with E-state index in [-0.39, 0.29) is 25.1 Å². The van der Waals surface area contributed by atoms with Gasteiger partial charge in [0.05, 0.1) is 6.67 Å². The van der Waals surface area contributed by atoms with Crippen LogP contribution in [0.5, 0.6) is 0 Å². The monoisotopic (exact) mass is 281 g/mol. The molecule has 0 spiro atoms. The Bertz CT molecular complexity index is 293. The van der Waals surface area contributed by atoms with E-state index in [4.69, 9.17) is 5.73 Å². The van der Waals surface area contributed by atoms with Crippen molar-refractivity contribution in [3.63, 3.8) is 0 Å². The van der Waals surface area contributed by atoms with E-state index < -0.39 is 0 Å². The molecule has 0 radical (unpaired) electrons. The summed E-state index contributed by atoms with van der Waals surface area (Å²) in [5.41, 5.74) is 7.91. The lowest BCUT2D eigenvalue weighted by atomic mass is 10.0. The molecule has 0 aliphatic carbocycles. The number of aryl methyl sites for hydroxylation is 1. The van der Waals surface area contributed by atoms with Gasteiger partial charge in [0.25, 0.3) is 0 Å². The molecule has 4 heteroatoms. The number of alkyl halides is 1. The molecule has 0 amide bonds. The van der Waals surface area contributed by atoms with E-state index in [1.165, 1.54) is 0 Å². The lowest BCUT2D eigenvalue weighted by Gasteiger charge is -2.10. The fourth-order valence-electron chi connectivity index (χ4n) is 1.12. The molecule has 0 saturated carbocycles. The lowest BCUT2D eigenvalue weighted by Crippen LogP contribution is -2.10. The van der Waals surface area contributed by atoms with E-state index in [1.54, 1.807) is 0 Å². The molecular formula is C10H14BrClFN. The summed E-state index contributed by atoms with van der Waals surface area (Å²) in [7, 11) is 0. The average molecular weight is 283 g/mol. The second kappa shape index (κ2) is 6.38. The third kappa shape index (κ3) is 3.56. The fourth-order valence-corrected chi connectivity index (χ4v) is 1.52. The Morgan fingerprint density at radius 2 is 2.14 bits per heavy atom. The summed E-state index contributed by atoms with van der Waals surface area (Å²) in [4.78, 5) is 0. The van der Waals surface area contributed by atoms with Crippen molar-refractivity contribution in [3.8, 4) is 0 Å². The predicted molar refractivity (Wildman–Crippen MR) is 63.6 cm³/mol. The first-order valence-corrected chi connectivity index (χ1v) is 5.02. The molecule has 14 heavy (non-hydrogen) atoms. The maximum absolute atomic E-state index is 12.0. The minimum absolute atomic E-state index is 0. The molecule has 0 aliphatic heterocycles. The summed E-state index contributed by atoms with van der Waals surface area (Å²) in [6.45, 7) is 1.64. The number of halogens is 3. The number of rotatable bonds is 3. The van der Waals surface area contributed by atoms with Crippen LogP contribution in [0.4, 0.5) is 4.39 Å². The average Bonchev–Trinajstić information content (AvgIpc) is 2.10. The van der Waals surface area contributed by atoms with Gasteiger partial charge in [-0.3, -0.25) is 4.39 Å². The Labute approximate surface area is 98.4 Å². The number of benzene rings is 1. The maximum atomic E-state index is 12.0. The summed E-state index contributed by atoms with van der Waals surface area (Å²) in [6, 6.07) is 5.69. The summed E-state index contributed by atoms with van der Waals surface area (Å²) in [6.07, 6.45) is 0.384. The van der Waals surface area contributed by atoms with Gasteiger partial charge in [0, 0.05) is 10.5 Å². The van der Waals surface area contributed by atoms with Gasteiger partial charge in [-0.2, -0.15) is 0 Å². The third-order valence-corrected chi connectivity index (χ3v) is 2.90. The normalized spacial score (nSPS) is 12.0. The minimum Gasteiger partial charge on any atom is -0.324 e. The molecule has 0 aliphatic rings. The zero-order valence-electron chi connectivity index (χ0n) is 7.97. The standard InChI is InChI=1S/C10H13BrFN.ClH/c1-7-2-3-8(6-9(7)11)10(13)4-5-12;/h2-3,6,10H,4-5,13H2,1H3;1H/t10-;/m0./s1. The molecule has 1 rings (SSSR count). The second-order valence-corrected chi connectivity index (χ2v) is 3.95. The Morgan fingerprint density at radius 1 is 1.50 bits per heavy atom. The van der Waals surface area contributed by atoms with Gasteiger partial charge in [0.1, 0.15) is 0 Å². The summed E-state index contributed by atoms with van der Waals surface area (Å²) < 4.78 is 13.0. The van der Waals surface area contributed by atoms with Crippen LogP contribution in [0, 0.1) is 6.92 Å². The third-order valence-electron chi connectivity index (χ3n) is 2.04. The molecule has 0 saturated heterocycles. The van der Waals surface area contributed by atoms with Gasteiger partial charge in [0.2, 0.25) is 0 Å². The van der Waals surface area contributed by atoms with Crippen molar-refractivity contribution in [3.05, 3.63) is 33.8 Å². The van der Waals surface area contributed by atoms with Gasteiger partial charge in [-0.05, 0) is 30.5 Å². The molecule has 0 aromatic heterocycles. The van der Waals surface area contributed by atoms with E-state index in [1.807, 2.05) is 25.1 Å². The fraction of sp³-hybridized carbons (Fsp3) is 0.400. The number of hydrogen-bond donors (Lipinski definition) is 1. The van der Waals surface area contributed by atoms with Crippen LogP contribution in [0.15, 0.2) is 22.7 Å². The maximum Gasteiger partial charge on any atom is 0.0912 e. The highest BCUT2D eigenvalue weighted by Crippen LogP contribution is 2.22. The molecule has 0 fully saturated rings. The molecule has 80 valence electrons. The first kappa shape index (κ1) is 13.9. The van der Waals surface area contributed by atoms with Crippen molar-refractivity contribution in [2.75, 3.05) is 6.67 Å². The molecule has 1 aromatic carbocycles. The van der Waals surface area contributed by atoms with Crippen LogP contribution in [-0.4, -0.2) is 6.67 Å². The SMILES string of the molecule is Cc1ccc([C@@H](N)CCF)cc1Br.Cl. The van der Waals surface area contributed by atoms with Gasteiger partial charge < -0.3 is 5.73 Å². The first-order valence-electron chi connectivity index (χ1n) is 4.22. The van der Waals surface area contributed by atoms with E-state index in [0.717, 1.165) is 15.6 Å². The van der Waals surface area contributed by atoms with Gasteiger partial charge in [-0.15, -0.1) is 12.4 Å². The molecule has 0 heterocycles. The van der Waals surface area contributed by atoms with Crippen molar-refractivity contribution < 1.29 is 4.39 Å². The Morgan fingerprint density at radius 3 is 2.64 bits per heavy atom. The number of hydrogen-bond acceptors (Lipinski definition) is 1. The highest BCUT2D eigenvalue weighted by atomic mass is 79.9. The van der Waals surface area contributed by atoms with Crippen molar-refractivity contribution in [1.29, 1.82) is 0 Å². The minimum atomic E-state index is -0.368. The quantitative estimate of drug-likeness (QED) is 0.901. The van der Waals surface area contributed by atoms with Gasteiger partial charge >= 0.3 is 0 Å². The van der Waals surface area contributed by atoms with E-state index >= 15 is 0 Å². The lowest BCUT2D eigenvalue weighted by molar-refractivity contribution is 0.442. The van der Waals surface area contributed by atoms with E-state index in [9.17, 15) is 4.39 Å². The first-order chi connectivity index (χ1) is 6.15. The molecule has 1 nitrogen and oxygen atoms in total. The van der Waals surface area contributed by atoms with Crippen LogP contribution in [0.2, 0.25) is 0 Å². The largest absolute Gasteiger partial charge is 0.324 e. The van der Waals surface area contributed by atoms with Crippen LogP contribution < -0.4 is 5.73 Å². The Balaban J connectivity index is 0.00000169. The smallest absolute Gasteiger partial charge is 0.0912 e. The Kier molecular flexibility index (Phi) is 6.33. The van der Waals surface area contributed by atoms with Crippen LogP contribution >= 0.6 is 28.3 Å².